The first-order chi connectivity index (χ1) is 6.43. The lowest BCUT2D eigenvalue weighted by Gasteiger charge is -2.19. The molecule has 0 amide bonds. The average molecular weight is 223 g/mol. The van der Waals surface area contributed by atoms with Crippen LogP contribution >= 0.6 is 0 Å². The minimum absolute atomic E-state index is 0.0120. The molecule has 0 aliphatic heterocycles. The zero-order chi connectivity index (χ0) is 11.2. The highest BCUT2D eigenvalue weighted by molar-refractivity contribution is 7.91. The number of sulfone groups is 1. The van der Waals surface area contributed by atoms with E-state index in [0.717, 1.165) is 0 Å². The maximum absolute atomic E-state index is 11.1. The standard InChI is InChI=1S/C9H21NO3S/c1-4-14(12,13)6-5-10-9(7-11)8(2)3/h8-11H,4-7H2,1-3H3/t9-/m1/s1. The first-order valence-electron chi connectivity index (χ1n) is 4.97. The van der Waals surface area contributed by atoms with Crippen LogP contribution in [0, 0.1) is 5.92 Å². The van der Waals surface area contributed by atoms with Gasteiger partial charge in [-0.15, -0.1) is 0 Å². The van der Waals surface area contributed by atoms with E-state index in [1.807, 2.05) is 13.8 Å². The van der Waals surface area contributed by atoms with E-state index in [4.69, 9.17) is 5.11 Å². The lowest BCUT2D eigenvalue weighted by Crippen LogP contribution is -2.39. The first-order valence-corrected chi connectivity index (χ1v) is 6.79. The van der Waals surface area contributed by atoms with Crippen molar-refractivity contribution < 1.29 is 13.5 Å². The summed E-state index contributed by atoms with van der Waals surface area (Å²) in [6.45, 7) is 6.08. The fraction of sp³-hybridized carbons (Fsp3) is 1.00. The van der Waals surface area contributed by atoms with Crippen molar-refractivity contribution in [3.8, 4) is 0 Å². The summed E-state index contributed by atoms with van der Waals surface area (Å²) in [7, 11) is -2.89. The van der Waals surface area contributed by atoms with Gasteiger partial charge in [-0.2, -0.15) is 0 Å². The molecule has 0 saturated heterocycles. The van der Waals surface area contributed by atoms with Crippen LogP contribution < -0.4 is 5.32 Å². The molecule has 4 nitrogen and oxygen atoms in total. The summed E-state index contributed by atoms with van der Waals surface area (Å²) in [6.07, 6.45) is 0. The molecule has 1 atom stereocenters. The van der Waals surface area contributed by atoms with Crippen LogP contribution in [0.4, 0.5) is 0 Å². The SMILES string of the molecule is CCS(=O)(=O)CCN[C@H](CO)C(C)C. The Morgan fingerprint density at radius 3 is 2.29 bits per heavy atom. The molecule has 86 valence electrons. The van der Waals surface area contributed by atoms with Gasteiger partial charge in [0.1, 0.15) is 0 Å². The highest BCUT2D eigenvalue weighted by atomic mass is 32.2. The van der Waals surface area contributed by atoms with Crippen LogP contribution in [0.15, 0.2) is 0 Å². The van der Waals surface area contributed by atoms with Crippen molar-refractivity contribution in [2.24, 2.45) is 5.92 Å². The fourth-order valence-corrected chi connectivity index (χ4v) is 1.77. The van der Waals surface area contributed by atoms with E-state index in [-0.39, 0.29) is 24.2 Å². The van der Waals surface area contributed by atoms with E-state index < -0.39 is 9.84 Å². The normalized spacial score (nSPS) is 14.6. The summed E-state index contributed by atoms with van der Waals surface area (Å²) in [6, 6.07) is -0.0120. The van der Waals surface area contributed by atoms with Gasteiger partial charge in [0.25, 0.3) is 0 Å². The van der Waals surface area contributed by atoms with Crippen molar-refractivity contribution in [2.45, 2.75) is 26.8 Å². The molecule has 0 heterocycles. The average Bonchev–Trinajstić information content (AvgIpc) is 2.12. The minimum Gasteiger partial charge on any atom is -0.395 e. The number of rotatable bonds is 7. The maximum atomic E-state index is 11.1. The van der Waals surface area contributed by atoms with Crippen LogP contribution in [-0.2, 0) is 9.84 Å². The van der Waals surface area contributed by atoms with Gasteiger partial charge in [0.15, 0.2) is 9.84 Å². The molecule has 0 rings (SSSR count). The molecule has 0 saturated carbocycles. The Morgan fingerprint density at radius 1 is 1.36 bits per heavy atom. The van der Waals surface area contributed by atoms with E-state index >= 15 is 0 Å². The molecule has 0 aromatic carbocycles. The van der Waals surface area contributed by atoms with Gasteiger partial charge in [0.05, 0.1) is 12.4 Å². The highest BCUT2D eigenvalue weighted by Gasteiger charge is 2.13. The summed E-state index contributed by atoms with van der Waals surface area (Å²) < 4.78 is 22.3. The second kappa shape index (κ2) is 6.37. The molecule has 0 bridgehead atoms. The fourth-order valence-electron chi connectivity index (χ4n) is 1.06. The van der Waals surface area contributed by atoms with Crippen LogP contribution in [0.3, 0.4) is 0 Å². The lowest BCUT2D eigenvalue weighted by molar-refractivity contribution is 0.213. The van der Waals surface area contributed by atoms with E-state index in [0.29, 0.717) is 12.5 Å². The van der Waals surface area contributed by atoms with Gasteiger partial charge in [-0.05, 0) is 5.92 Å². The van der Waals surface area contributed by atoms with E-state index in [1.54, 1.807) is 6.92 Å². The summed E-state index contributed by atoms with van der Waals surface area (Å²) in [5.41, 5.74) is 0. The second-order valence-corrected chi connectivity index (χ2v) is 6.20. The van der Waals surface area contributed by atoms with Crippen molar-refractivity contribution >= 4 is 9.84 Å². The van der Waals surface area contributed by atoms with Gasteiger partial charge in [-0.25, -0.2) is 8.42 Å². The van der Waals surface area contributed by atoms with Gasteiger partial charge >= 0.3 is 0 Å². The predicted molar refractivity (Wildman–Crippen MR) is 58.0 cm³/mol. The van der Waals surface area contributed by atoms with Crippen molar-refractivity contribution in [2.75, 3.05) is 24.7 Å². The Hall–Kier alpha value is -0.130. The Bertz CT molecular complexity index is 236. The number of aliphatic hydroxyl groups excluding tert-OH is 1. The summed E-state index contributed by atoms with van der Waals surface area (Å²) in [4.78, 5) is 0. The van der Waals surface area contributed by atoms with Crippen molar-refractivity contribution in [1.82, 2.24) is 5.32 Å². The molecule has 0 radical (unpaired) electrons. The number of hydrogen-bond donors (Lipinski definition) is 2. The number of aliphatic hydroxyl groups is 1. The van der Waals surface area contributed by atoms with Gasteiger partial charge in [0, 0.05) is 18.3 Å². The van der Waals surface area contributed by atoms with Gasteiger partial charge in [0.2, 0.25) is 0 Å². The Labute approximate surface area is 86.6 Å². The van der Waals surface area contributed by atoms with Crippen LogP contribution in [0.5, 0.6) is 0 Å². The van der Waals surface area contributed by atoms with Crippen LogP contribution in [0.1, 0.15) is 20.8 Å². The third kappa shape index (κ3) is 5.57. The molecule has 0 aromatic rings. The zero-order valence-electron chi connectivity index (χ0n) is 9.16. The van der Waals surface area contributed by atoms with Crippen LogP contribution in [0.2, 0.25) is 0 Å². The topological polar surface area (TPSA) is 66.4 Å². The summed E-state index contributed by atoms with van der Waals surface area (Å²) in [5, 5.41) is 12.0. The molecule has 2 N–H and O–H groups in total. The molecule has 0 fully saturated rings. The smallest absolute Gasteiger partial charge is 0.151 e. The third-order valence-electron chi connectivity index (χ3n) is 2.26. The van der Waals surface area contributed by atoms with Crippen molar-refractivity contribution in [3.05, 3.63) is 0 Å². The first kappa shape index (κ1) is 13.9. The van der Waals surface area contributed by atoms with Crippen molar-refractivity contribution in [1.29, 1.82) is 0 Å². The molecular formula is C9H21NO3S. The van der Waals surface area contributed by atoms with E-state index in [9.17, 15) is 8.42 Å². The number of hydrogen-bond acceptors (Lipinski definition) is 4. The van der Waals surface area contributed by atoms with Gasteiger partial charge < -0.3 is 10.4 Å². The van der Waals surface area contributed by atoms with Crippen molar-refractivity contribution in [3.63, 3.8) is 0 Å². The zero-order valence-corrected chi connectivity index (χ0v) is 9.97. The molecule has 5 heteroatoms. The third-order valence-corrected chi connectivity index (χ3v) is 3.97. The maximum Gasteiger partial charge on any atom is 0.151 e. The van der Waals surface area contributed by atoms with Gasteiger partial charge in [-0.3, -0.25) is 0 Å². The highest BCUT2D eigenvalue weighted by Crippen LogP contribution is 1.99. The minimum atomic E-state index is -2.89. The monoisotopic (exact) mass is 223 g/mol. The van der Waals surface area contributed by atoms with Gasteiger partial charge in [-0.1, -0.05) is 20.8 Å². The Morgan fingerprint density at radius 2 is 1.93 bits per heavy atom. The largest absolute Gasteiger partial charge is 0.395 e. The van der Waals surface area contributed by atoms with Crippen LogP contribution in [0.25, 0.3) is 0 Å². The molecule has 0 unspecified atom stereocenters. The number of nitrogens with one attached hydrogen (secondary N) is 1. The lowest BCUT2D eigenvalue weighted by atomic mass is 10.1. The Balaban J connectivity index is 3.83. The quantitative estimate of drug-likeness (QED) is 0.639. The molecule has 0 spiro atoms. The predicted octanol–water partition coefficient (Wildman–Crippen LogP) is 0.0276. The van der Waals surface area contributed by atoms with E-state index in [2.05, 4.69) is 5.32 Å². The second-order valence-electron chi connectivity index (χ2n) is 3.72. The molecule has 0 aliphatic carbocycles. The molecule has 14 heavy (non-hydrogen) atoms. The van der Waals surface area contributed by atoms with Crippen LogP contribution in [-0.4, -0.2) is 44.2 Å². The molecule has 0 aliphatic rings. The Kier molecular flexibility index (Phi) is 6.31. The summed E-state index contributed by atoms with van der Waals surface area (Å²) >= 11 is 0. The molecule has 0 aromatic heterocycles. The van der Waals surface area contributed by atoms with E-state index in [1.165, 1.54) is 0 Å². The summed E-state index contributed by atoms with van der Waals surface area (Å²) in [5.74, 6) is 0.636. The molecular weight excluding hydrogens is 202 g/mol.